The third kappa shape index (κ3) is 12.5. The summed E-state index contributed by atoms with van der Waals surface area (Å²) in [6.45, 7) is 2.52. The Labute approximate surface area is 169 Å². The molecule has 0 aliphatic heterocycles. The molecule has 0 N–H and O–H groups in total. The molecule has 1 aromatic rings. The van der Waals surface area contributed by atoms with Crippen LogP contribution in [0.25, 0.3) is 0 Å². The molecule has 0 aliphatic carbocycles. The summed E-state index contributed by atoms with van der Waals surface area (Å²) >= 11 is 0. The van der Waals surface area contributed by atoms with Gasteiger partial charge in [0.1, 0.15) is 0 Å². The fourth-order valence-corrected chi connectivity index (χ4v) is 3.38. The fraction of sp³-hybridized carbons (Fsp3) is 0.667. The molecule has 24 heavy (non-hydrogen) atoms. The van der Waals surface area contributed by atoms with E-state index >= 15 is 0 Å². The molecular formula is C18H33AlMnO3S. The smallest absolute Gasteiger partial charge is 0.266 e. The van der Waals surface area contributed by atoms with E-state index in [-0.39, 0.29) is 45.9 Å². The Balaban J connectivity index is 0. The molecule has 0 amide bonds. The normalized spacial score (nSPS) is 10.7. The van der Waals surface area contributed by atoms with Crippen LogP contribution in [0.1, 0.15) is 71.1 Å². The third-order valence-corrected chi connectivity index (χ3v) is 5.09. The van der Waals surface area contributed by atoms with Gasteiger partial charge >= 0.3 is 0 Å². The average molecular weight is 411 g/mol. The number of unbranched alkanes of at least 4 members (excludes halogenated alkanes) is 9. The van der Waals surface area contributed by atoms with Gasteiger partial charge in [-0.05, 0) is 18.6 Å². The SMILES string of the molecule is CCCCCCCCCCCCOS(=O)(=O)c1ccccc1.[AlH3].[Mn]. The molecule has 0 saturated heterocycles. The minimum atomic E-state index is -3.57. The second-order valence-electron chi connectivity index (χ2n) is 5.77. The Hall–Kier alpha value is 0.182. The number of rotatable bonds is 13. The van der Waals surface area contributed by atoms with Crippen LogP contribution >= 0.6 is 0 Å². The van der Waals surface area contributed by atoms with Gasteiger partial charge in [0.2, 0.25) is 0 Å². The zero-order valence-corrected chi connectivity index (χ0v) is 16.2. The molecule has 1 rings (SSSR count). The van der Waals surface area contributed by atoms with Gasteiger partial charge in [-0.15, -0.1) is 0 Å². The van der Waals surface area contributed by atoms with Gasteiger partial charge in [-0.2, -0.15) is 8.42 Å². The van der Waals surface area contributed by atoms with E-state index in [1.165, 1.54) is 51.4 Å². The Morgan fingerprint density at radius 1 is 0.792 bits per heavy atom. The third-order valence-electron chi connectivity index (χ3n) is 3.77. The molecular weight excluding hydrogens is 378 g/mol. The molecule has 0 atom stereocenters. The Bertz CT molecular complexity index is 480. The van der Waals surface area contributed by atoms with Gasteiger partial charge in [0.25, 0.3) is 10.1 Å². The van der Waals surface area contributed by atoms with Gasteiger partial charge in [0.15, 0.2) is 17.4 Å². The van der Waals surface area contributed by atoms with Crippen LogP contribution in [0.3, 0.4) is 0 Å². The first-order chi connectivity index (χ1) is 10.7. The zero-order chi connectivity index (χ0) is 16.1. The summed E-state index contributed by atoms with van der Waals surface area (Å²) < 4.78 is 28.8. The van der Waals surface area contributed by atoms with E-state index in [0.717, 1.165) is 12.8 Å². The van der Waals surface area contributed by atoms with Crippen LogP contribution in [-0.2, 0) is 31.4 Å². The van der Waals surface area contributed by atoms with Crippen molar-refractivity contribution < 1.29 is 29.7 Å². The summed E-state index contributed by atoms with van der Waals surface area (Å²) in [7, 11) is -3.57. The monoisotopic (exact) mass is 411 g/mol. The quantitative estimate of drug-likeness (QED) is 0.279. The van der Waals surface area contributed by atoms with Crippen LogP contribution in [0, 0.1) is 0 Å². The van der Waals surface area contributed by atoms with E-state index in [4.69, 9.17) is 4.18 Å². The molecule has 6 heteroatoms. The van der Waals surface area contributed by atoms with Crippen molar-refractivity contribution in [1.29, 1.82) is 0 Å². The first kappa shape index (κ1) is 26.4. The Morgan fingerprint density at radius 3 is 1.75 bits per heavy atom. The van der Waals surface area contributed by atoms with Crippen molar-refractivity contribution in [2.24, 2.45) is 0 Å². The van der Waals surface area contributed by atoms with Crippen molar-refractivity contribution in [1.82, 2.24) is 0 Å². The van der Waals surface area contributed by atoms with Gasteiger partial charge in [-0.1, -0.05) is 82.9 Å². The van der Waals surface area contributed by atoms with Crippen LogP contribution in [-0.4, -0.2) is 32.4 Å². The van der Waals surface area contributed by atoms with Crippen LogP contribution in [0.5, 0.6) is 0 Å². The summed E-state index contributed by atoms with van der Waals surface area (Å²) in [6.07, 6.45) is 12.3. The largest absolute Gasteiger partial charge is 0.296 e. The van der Waals surface area contributed by atoms with Crippen LogP contribution in [0.2, 0.25) is 0 Å². The number of benzene rings is 1. The van der Waals surface area contributed by atoms with Crippen LogP contribution in [0.15, 0.2) is 35.2 Å². The summed E-state index contributed by atoms with van der Waals surface area (Å²) in [4.78, 5) is 0.238. The molecule has 0 unspecified atom stereocenters. The van der Waals surface area contributed by atoms with Gasteiger partial charge in [-0.25, -0.2) is 0 Å². The van der Waals surface area contributed by atoms with E-state index in [0.29, 0.717) is 0 Å². The summed E-state index contributed by atoms with van der Waals surface area (Å²) in [5, 5.41) is 0. The topological polar surface area (TPSA) is 43.4 Å². The van der Waals surface area contributed by atoms with Crippen molar-refractivity contribution in [3.63, 3.8) is 0 Å². The standard InChI is InChI=1S/C18H30O3S.Al.Mn.3H/c1-2-3-4-5-6-7-8-9-10-14-17-21-22(19,20)18-15-12-11-13-16-18;;;;;/h11-13,15-16H,2-10,14,17H2,1H3;;;;;. The number of hydrogen-bond acceptors (Lipinski definition) is 3. The Kier molecular flexibility index (Phi) is 18.3. The van der Waals surface area contributed by atoms with E-state index in [9.17, 15) is 8.42 Å². The predicted molar refractivity (Wildman–Crippen MR) is 101 cm³/mol. The van der Waals surface area contributed by atoms with E-state index in [1.54, 1.807) is 30.3 Å². The molecule has 0 saturated carbocycles. The van der Waals surface area contributed by atoms with E-state index < -0.39 is 10.1 Å². The van der Waals surface area contributed by atoms with Gasteiger partial charge in [0.05, 0.1) is 11.5 Å². The van der Waals surface area contributed by atoms with E-state index in [1.807, 2.05) is 0 Å². The molecule has 0 heterocycles. The summed E-state index contributed by atoms with van der Waals surface area (Å²) in [5.41, 5.74) is 0. The Morgan fingerprint density at radius 2 is 1.25 bits per heavy atom. The predicted octanol–water partition coefficient (Wildman–Crippen LogP) is 4.13. The van der Waals surface area contributed by atoms with E-state index in [2.05, 4.69) is 6.92 Å². The molecule has 1 radical (unpaired) electrons. The maximum absolute atomic E-state index is 11.9. The molecule has 0 aliphatic rings. The summed E-state index contributed by atoms with van der Waals surface area (Å²) in [6, 6.07) is 8.33. The van der Waals surface area contributed by atoms with Crippen LogP contribution < -0.4 is 0 Å². The van der Waals surface area contributed by atoms with Crippen molar-refractivity contribution in [3.05, 3.63) is 30.3 Å². The summed E-state index contributed by atoms with van der Waals surface area (Å²) in [5.74, 6) is 0. The first-order valence-electron chi connectivity index (χ1n) is 8.61. The van der Waals surface area contributed by atoms with Gasteiger partial charge < -0.3 is 0 Å². The second-order valence-corrected chi connectivity index (χ2v) is 7.39. The van der Waals surface area contributed by atoms with Crippen molar-refractivity contribution in [2.45, 2.75) is 76.0 Å². The van der Waals surface area contributed by atoms with Gasteiger partial charge in [0, 0.05) is 17.1 Å². The minimum Gasteiger partial charge on any atom is -0.266 e. The molecule has 139 valence electrons. The number of hydrogen-bond donors (Lipinski definition) is 0. The molecule has 0 spiro atoms. The van der Waals surface area contributed by atoms with Crippen molar-refractivity contribution >= 4 is 27.5 Å². The van der Waals surface area contributed by atoms with Gasteiger partial charge in [-0.3, -0.25) is 4.18 Å². The van der Waals surface area contributed by atoms with Crippen molar-refractivity contribution in [3.8, 4) is 0 Å². The average Bonchev–Trinajstić information content (AvgIpc) is 2.53. The first-order valence-corrected chi connectivity index (χ1v) is 10.0. The molecule has 3 nitrogen and oxygen atoms in total. The van der Waals surface area contributed by atoms with Crippen molar-refractivity contribution in [2.75, 3.05) is 6.61 Å². The molecule has 0 fully saturated rings. The maximum Gasteiger partial charge on any atom is 0.296 e. The molecule has 0 bridgehead atoms. The second kappa shape index (κ2) is 16.6. The fourth-order valence-electron chi connectivity index (χ4n) is 2.41. The minimum absolute atomic E-state index is 0. The van der Waals surface area contributed by atoms with Crippen LogP contribution in [0.4, 0.5) is 0 Å². The molecule has 1 aromatic carbocycles. The zero-order valence-electron chi connectivity index (χ0n) is 14.2. The maximum atomic E-state index is 11.9. The molecule has 0 aromatic heterocycles.